The van der Waals surface area contributed by atoms with E-state index in [0.717, 1.165) is 41.7 Å². The lowest BCUT2D eigenvalue weighted by molar-refractivity contribution is 0.504. The summed E-state index contributed by atoms with van der Waals surface area (Å²) in [6.45, 7) is 5.85. The summed E-state index contributed by atoms with van der Waals surface area (Å²) in [5.41, 5.74) is 4.59. The maximum absolute atomic E-state index is 13.9. The van der Waals surface area contributed by atoms with E-state index in [1.165, 1.54) is 5.69 Å². The van der Waals surface area contributed by atoms with Crippen molar-refractivity contribution in [1.82, 2.24) is 9.88 Å². The zero-order valence-electron chi connectivity index (χ0n) is 9.60. The normalized spacial score (nSPS) is 15.4. The van der Waals surface area contributed by atoms with Gasteiger partial charge in [-0.25, -0.2) is 4.39 Å². The first-order valence-corrected chi connectivity index (χ1v) is 5.67. The van der Waals surface area contributed by atoms with E-state index in [1.54, 1.807) is 6.07 Å². The van der Waals surface area contributed by atoms with Crippen LogP contribution in [-0.4, -0.2) is 11.1 Å². The Morgan fingerprint density at radius 1 is 1.31 bits per heavy atom. The summed E-state index contributed by atoms with van der Waals surface area (Å²) < 4.78 is 16.1. The standard InChI is InChI=1S/C13H15FN2/c1-8-3-4-10(14)12-9(2)11-5-6-15-7-16(11)13(8)12/h3-4,15H,5-7H2,1-2H3. The Bertz CT molecular complexity index is 569. The molecule has 0 amide bonds. The maximum Gasteiger partial charge on any atom is 0.132 e. The molecule has 2 aromatic rings. The molecule has 16 heavy (non-hydrogen) atoms. The number of rotatable bonds is 0. The molecular formula is C13H15FN2. The first-order valence-electron chi connectivity index (χ1n) is 5.67. The lowest BCUT2D eigenvalue weighted by Crippen LogP contribution is -2.28. The number of hydrogen-bond donors (Lipinski definition) is 1. The molecule has 0 saturated heterocycles. The average Bonchev–Trinajstić information content (AvgIpc) is 2.60. The minimum absolute atomic E-state index is 0.0972. The molecule has 0 atom stereocenters. The van der Waals surface area contributed by atoms with Gasteiger partial charge in [0.2, 0.25) is 0 Å². The molecule has 3 rings (SSSR count). The number of halogens is 1. The Morgan fingerprint density at radius 3 is 2.94 bits per heavy atom. The van der Waals surface area contributed by atoms with Crippen LogP contribution in [0.3, 0.4) is 0 Å². The minimum Gasteiger partial charge on any atom is -0.331 e. The highest BCUT2D eigenvalue weighted by atomic mass is 19.1. The summed E-state index contributed by atoms with van der Waals surface area (Å²) in [5.74, 6) is -0.0972. The molecule has 84 valence electrons. The number of aromatic nitrogens is 1. The zero-order chi connectivity index (χ0) is 11.3. The summed E-state index contributed by atoms with van der Waals surface area (Å²) in [4.78, 5) is 0. The average molecular weight is 218 g/mol. The van der Waals surface area contributed by atoms with Crippen LogP contribution in [0.1, 0.15) is 16.8 Å². The molecule has 1 aromatic carbocycles. The van der Waals surface area contributed by atoms with Crippen molar-refractivity contribution in [2.45, 2.75) is 26.9 Å². The van der Waals surface area contributed by atoms with Crippen molar-refractivity contribution in [3.8, 4) is 0 Å². The van der Waals surface area contributed by atoms with Gasteiger partial charge in [0.15, 0.2) is 0 Å². The van der Waals surface area contributed by atoms with Crippen LogP contribution in [0.2, 0.25) is 0 Å². The number of nitrogens with one attached hydrogen (secondary N) is 1. The molecular weight excluding hydrogens is 203 g/mol. The highest BCUT2D eigenvalue weighted by Crippen LogP contribution is 2.31. The second-order valence-electron chi connectivity index (χ2n) is 4.50. The molecule has 0 bridgehead atoms. The Kier molecular flexibility index (Phi) is 2.04. The lowest BCUT2D eigenvalue weighted by atomic mass is 10.1. The van der Waals surface area contributed by atoms with Crippen LogP contribution < -0.4 is 5.32 Å². The van der Waals surface area contributed by atoms with Crippen LogP contribution >= 0.6 is 0 Å². The molecule has 0 aliphatic carbocycles. The number of fused-ring (bicyclic) bond motifs is 3. The Balaban J connectivity index is 2.48. The van der Waals surface area contributed by atoms with Crippen LogP contribution in [0.15, 0.2) is 12.1 Å². The van der Waals surface area contributed by atoms with E-state index in [1.807, 2.05) is 19.9 Å². The quantitative estimate of drug-likeness (QED) is 0.719. The van der Waals surface area contributed by atoms with Crippen LogP contribution in [0, 0.1) is 19.7 Å². The number of benzene rings is 1. The molecule has 0 unspecified atom stereocenters. The second-order valence-corrected chi connectivity index (χ2v) is 4.50. The summed E-state index contributed by atoms with van der Waals surface area (Å²) in [5, 5.41) is 4.14. The third-order valence-electron chi connectivity index (χ3n) is 3.54. The second kappa shape index (κ2) is 3.32. The van der Waals surface area contributed by atoms with E-state index in [9.17, 15) is 4.39 Å². The van der Waals surface area contributed by atoms with Crippen molar-refractivity contribution in [3.63, 3.8) is 0 Å². The molecule has 1 aromatic heterocycles. The first kappa shape index (κ1) is 9.85. The molecule has 2 heterocycles. The number of nitrogens with zero attached hydrogens (tertiary/aromatic N) is 1. The van der Waals surface area contributed by atoms with E-state index in [2.05, 4.69) is 9.88 Å². The lowest BCUT2D eigenvalue weighted by Gasteiger charge is -2.18. The highest BCUT2D eigenvalue weighted by Gasteiger charge is 2.20. The van der Waals surface area contributed by atoms with Crippen molar-refractivity contribution in [2.75, 3.05) is 6.54 Å². The largest absolute Gasteiger partial charge is 0.331 e. The SMILES string of the molecule is Cc1c2n(c3c(C)ccc(F)c13)CNCC2. The van der Waals surface area contributed by atoms with Gasteiger partial charge in [0.05, 0.1) is 12.2 Å². The fourth-order valence-electron chi connectivity index (χ4n) is 2.75. The number of aryl methyl sites for hydroxylation is 2. The van der Waals surface area contributed by atoms with Gasteiger partial charge < -0.3 is 4.57 Å². The summed E-state index contributed by atoms with van der Waals surface area (Å²) in [6.07, 6.45) is 0.986. The van der Waals surface area contributed by atoms with Gasteiger partial charge >= 0.3 is 0 Å². The Morgan fingerprint density at radius 2 is 2.12 bits per heavy atom. The molecule has 0 radical (unpaired) electrons. The van der Waals surface area contributed by atoms with E-state index in [-0.39, 0.29) is 5.82 Å². The van der Waals surface area contributed by atoms with Crippen LogP contribution in [-0.2, 0) is 13.1 Å². The van der Waals surface area contributed by atoms with E-state index in [4.69, 9.17) is 0 Å². The van der Waals surface area contributed by atoms with Crippen LogP contribution in [0.4, 0.5) is 4.39 Å². The minimum atomic E-state index is -0.0972. The molecule has 2 nitrogen and oxygen atoms in total. The molecule has 0 saturated carbocycles. The third-order valence-corrected chi connectivity index (χ3v) is 3.54. The molecule has 1 N–H and O–H groups in total. The van der Waals surface area contributed by atoms with Crippen molar-refractivity contribution in [1.29, 1.82) is 0 Å². The van der Waals surface area contributed by atoms with Gasteiger partial charge in [0.25, 0.3) is 0 Å². The monoisotopic (exact) mass is 218 g/mol. The summed E-state index contributed by atoms with van der Waals surface area (Å²) in [6, 6.07) is 3.43. The Hall–Kier alpha value is -1.35. The number of hydrogen-bond acceptors (Lipinski definition) is 1. The molecule has 0 spiro atoms. The molecule has 0 fully saturated rings. The van der Waals surface area contributed by atoms with Gasteiger partial charge in [-0.05, 0) is 31.0 Å². The van der Waals surface area contributed by atoms with Gasteiger partial charge in [-0.15, -0.1) is 0 Å². The summed E-state index contributed by atoms with van der Waals surface area (Å²) in [7, 11) is 0. The predicted octanol–water partition coefficient (Wildman–Crippen LogP) is 2.50. The fraction of sp³-hybridized carbons (Fsp3) is 0.385. The maximum atomic E-state index is 13.9. The smallest absolute Gasteiger partial charge is 0.132 e. The van der Waals surface area contributed by atoms with Crippen molar-refractivity contribution < 1.29 is 4.39 Å². The van der Waals surface area contributed by atoms with E-state index in [0.29, 0.717) is 0 Å². The van der Waals surface area contributed by atoms with Gasteiger partial charge in [-0.3, -0.25) is 5.32 Å². The van der Waals surface area contributed by atoms with Crippen molar-refractivity contribution in [2.24, 2.45) is 0 Å². The highest BCUT2D eigenvalue weighted by molar-refractivity contribution is 5.88. The third kappa shape index (κ3) is 1.15. The fourth-order valence-corrected chi connectivity index (χ4v) is 2.75. The Labute approximate surface area is 94.1 Å². The van der Waals surface area contributed by atoms with E-state index >= 15 is 0 Å². The van der Waals surface area contributed by atoms with Crippen molar-refractivity contribution >= 4 is 10.9 Å². The van der Waals surface area contributed by atoms with Gasteiger partial charge in [0, 0.05) is 24.0 Å². The van der Waals surface area contributed by atoms with Gasteiger partial charge in [-0.2, -0.15) is 0 Å². The molecule has 3 heteroatoms. The van der Waals surface area contributed by atoms with E-state index < -0.39 is 0 Å². The van der Waals surface area contributed by atoms with Crippen LogP contribution in [0.25, 0.3) is 10.9 Å². The van der Waals surface area contributed by atoms with Crippen LogP contribution in [0.5, 0.6) is 0 Å². The predicted molar refractivity (Wildman–Crippen MR) is 63.1 cm³/mol. The topological polar surface area (TPSA) is 17.0 Å². The van der Waals surface area contributed by atoms with Crippen molar-refractivity contribution in [3.05, 3.63) is 34.8 Å². The van der Waals surface area contributed by atoms with Gasteiger partial charge in [-0.1, -0.05) is 6.07 Å². The summed E-state index contributed by atoms with van der Waals surface area (Å²) >= 11 is 0. The molecule has 1 aliphatic heterocycles. The molecule has 1 aliphatic rings. The van der Waals surface area contributed by atoms with Gasteiger partial charge in [0.1, 0.15) is 5.82 Å². The zero-order valence-corrected chi connectivity index (χ0v) is 9.60. The first-order chi connectivity index (χ1) is 7.70.